The van der Waals surface area contributed by atoms with Crippen molar-refractivity contribution in [3.63, 3.8) is 0 Å². The molecular weight excluding hydrogens is 608 g/mol. The lowest BCUT2D eigenvalue weighted by atomic mass is 9.74. The molecule has 0 saturated carbocycles. The van der Waals surface area contributed by atoms with E-state index in [2.05, 4.69) is 15.7 Å². The van der Waals surface area contributed by atoms with E-state index in [0.29, 0.717) is 34.3 Å². The van der Waals surface area contributed by atoms with Gasteiger partial charge in [0.2, 0.25) is 0 Å². The van der Waals surface area contributed by atoms with Crippen molar-refractivity contribution in [1.29, 1.82) is 0 Å². The molecule has 0 bridgehead atoms. The Labute approximate surface area is 262 Å². The quantitative estimate of drug-likeness (QED) is 0.152. The summed E-state index contributed by atoms with van der Waals surface area (Å²) in [5, 5.41) is 21.5. The number of esters is 1. The summed E-state index contributed by atoms with van der Waals surface area (Å²) in [6.45, 7) is 4.08. The number of alkyl halides is 3. The normalized spacial score (nSPS) is 16.6. The Bertz CT molecular complexity index is 1790. The van der Waals surface area contributed by atoms with E-state index in [1.165, 1.54) is 33.2 Å². The molecule has 0 spiro atoms. The van der Waals surface area contributed by atoms with E-state index >= 15 is 0 Å². The predicted octanol–water partition coefficient (Wildman–Crippen LogP) is 5.60. The number of aromatic nitrogens is 2. The second-order valence-corrected chi connectivity index (χ2v) is 12.1. The molecule has 0 radical (unpaired) electrons. The minimum absolute atomic E-state index is 0.191. The van der Waals surface area contributed by atoms with Crippen molar-refractivity contribution in [2.24, 2.45) is 0 Å². The van der Waals surface area contributed by atoms with Crippen LogP contribution in [0.2, 0.25) is 0 Å². The molecule has 1 amide bonds. The SMILES string of the molecule is COc1ccc(F)cc1C(C)(C)CC(O)(CNc1cc(C)cc2c1cnn2-c1cccc(C(=O)N[C@H]2CCOC2=O)c1)C(F)(F)F. The number of amides is 1. The van der Waals surface area contributed by atoms with Gasteiger partial charge in [-0.25, -0.2) is 13.9 Å². The monoisotopic (exact) mass is 642 g/mol. The molecule has 4 aromatic rings. The van der Waals surface area contributed by atoms with Crippen LogP contribution in [0.1, 0.15) is 48.2 Å². The Morgan fingerprint density at radius 1 is 1.15 bits per heavy atom. The fraction of sp³-hybridized carbons (Fsp3) is 0.364. The van der Waals surface area contributed by atoms with Crippen LogP contribution in [0.4, 0.5) is 23.2 Å². The molecule has 1 aliphatic rings. The molecule has 1 unspecified atom stereocenters. The zero-order valence-corrected chi connectivity index (χ0v) is 25.7. The first-order valence-electron chi connectivity index (χ1n) is 14.6. The van der Waals surface area contributed by atoms with Gasteiger partial charge in [0.05, 0.1) is 37.7 Å². The first-order chi connectivity index (χ1) is 21.6. The van der Waals surface area contributed by atoms with Crippen molar-refractivity contribution in [1.82, 2.24) is 15.1 Å². The lowest BCUT2D eigenvalue weighted by Gasteiger charge is -2.38. The fourth-order valence-electron chi connectivity index (χ4n) is 5.81. The molecule has 0 aliphatic carbocycles. The molecule has 2 heterocycles. The maximum Gasteiger partial charge on any atom is 0.418 e. The van der Waals surface area contributed by atoms with Gasteiger partial charge in [-0.05, 0) is 72.9 Å². The molecule has 1 aliphatic heterocycles. The number of hydrogen-bond acceptors (Lipinski definition) is 7. The molecule has 3 N–H and O–H groups in total. The van der Waals surface area contributed by atoms with Crippen LogP contribution in [0.25, 0.3) is 16.6 Å². The number of nitrogens with zero attached hydrogens (tertiary/aromatic N) is 2. The molecule has 5 rings (SSSR count). The number of carbonyl (C=O) groups is 2. The average Bonchev–Trinajstić information content (AvgIpc) is 3.60. The number of ether oxygens (including phenoxy) is 2. The third-order valence-electron chi connectivity index (χ3n) is 8.15. The van der Waals surface area contributed by atoms with Crippen molar-refractivity contribution in [3.05, 3.63) is 83.3 Å². The van der Waals surface area contributed by atoms with Crippen molar-refractivity contribution in [2.45, 2.75) is 56.8 Å². The van der Waals surface area contributed by atoms with Gasteiger partial charge in [0.25, 0.3) is 5.91 Å². The third-order valence-corrected chi connectivity index (χ3v) is 8.15. The van der Waals surface area contributed by atoms with E-state index in [4.69, 9.17) is 9.47 Å². The highest BCUT2D eigenvalue weighted by Gasteiger charge is 2.56. The number of cyclic esters (lactones) is 1. The van der Waals surface area contributed by atoms with Gasteiger partial charge in [-0.1, -0.05) is 19.9 Å². The van der Waals surface area contributed by atoms with E-state index in [-0.39, 0.29) is 23.5 Å². The number of rotatable bonds is 10. The first-order valence-corrected chi connectivity index (χ1v) is 14.6. The summed E-state index contributed by atoms with van der Waals surface area (Å²) in [6, 6.07) is 12.9. The summed E-state index contributed by atoms with van der Waals surface area (Å²) in [6.07, 6.45) is -3.98. The Kier molecular flexibility index (Phi) is 8.73. The van der Waals surface area contributed by atoms with Gasteiger partial charge in [-0.2, -0.15) is 18.3 Å². The lowest BCUT2D eigenvalue weighted by Crippen LogP contribution is -2.53. The van der Waals surface area contributed by atoms with Crippen LogP contribution < -0.4 is 15.4 Å². The largest absolute Gasteiger partial charge is 0.496 e. The molecule has 1 fully saturated rings. The minimum Gasteiger partial charge on any atom is -0.496 e. The second kappa shape index (κ2) is 12.3. The third kappa shape index (κ3) is 6.50. The standard InChI is InChI=1S/C33H34F4N4O5/c1-19-12-26(38-18-32(44,33(35,36)37)17-31(2,3)24-15-21(34)8-9-28(24)45-4)23-16-39-41(27(23)13-19)22-7-5-6-20(14-22)29(42)40-25-10-11-46-30(25)43/h5-9,12-16,25,38,44H,10-11,17-18H2,1-4H3,(H,40,42)/t25-,32?/m0/s1. The number of carbonyl (C=O) groups excluding carboxylic acids is 2. The summed E-state index contributed by atoms with van der Waals surface area (Å²) >= 11 is 0. The molecule has 3 aromatic carbocycles. The summed E-state index contributed by atoms with van der Waals surface area (Å²) in [5.41, 5.74) is -2.04. The van der Waals surface area contributed by atoms with E-state index in [1.54, 1.807) is 48.0 Å². The fourth-order valence-corrected chi connectivity index (χ4v) is 5.81. The van der Waals surface area contributed by atoms with Crippen LogP contribution >= 0.6 is 0 Å². The van der Waals surface area contributed by atoms with Gasteiger partial charge in [-0.15, -0.1) is 0 Å². The van der Waals surface area contributed by atoms with Crippen molar-refractivity contribution >= 4 is 28.5 Å². The second-order valence-electron chi connectivity index (χ2n) is 12.1. The number of halogens is 4. The van der Waals surface area contributed by atoms with Crippen LogP contribution in [-0.4, -0.2) is 64.8 Å². The summed E-state index contributed by atoms with van der Waals surface area (Å²) in [4.78, 5) is 24.6. The Hall–Kier alpha value is -4.65. The van der Waals surface area contributed by atoms with Crippen LogP contribution in [-0.2, 0) is 14.9 Å². The highest BCUT2D eigenvalue weighted by molar-refractivity contribution is 5.98. The highest BCUT2D eigenvalue weighted by atomic mass is 19.4. The molecular formula is C33H34F4N4O5. The molecule has 1 saturated heterocycles. The number of fused-ring (bicyclic) bond motifs is 1. The summed E-state index contributed by atoms with van der Waals surface area (Å²) in [5.74, 6) is -1.39. The van der Waals surface area contributed by atoms with Gasteiger partial charge in [-0.3, -0.25) is 4.79 Å². The molecule has 244 valence electrons. The number of benzene rings is 3. The number of hydrogen-bond donors (Lipinski definition) is 3. The molecule has 2 atom stereocenters. The van der Waals surface area contributed by atoms with Crippen LogP contribution in [0, 0.1) is 12.7 Å². The average molecular weight is 643 g/mol. The molecule has 13 heteroatoms. The Balaban J connectivity index is 1.43. The van der Waals surface area contributed by atoms with E-state index < -0.39 is 53.9 Å². The smallest absolute Gasteiger partial charge is 0.418 e. The molecule has 9 nitrogen and oxygen atoms in total. The van der Waals surface area contributed by atoms with Crippen LogP contribution in [0.15, 0.2) is 60.8 Å². The van der Waals surface area contributed by atoms with Crippen molar-refractivity contribution in [2.75, 3.05) is 25.6 Å². The van der Waals surface area contributed by atoms with E-state index in [1.807, 2.05) is 0 Å². The maximum atomic E-state index is 14.5. The number of methoxy groups -OCH3 is 1. The number of nitrogens with one attached hydrogen (secondary N) is 2. The van der Waals surface area contributed by atoms with E-state index in [9.17, 15) is 32.3 Å². The first kappa shape index (κ1) is 32.7. The zero-order chi connectivity index (χ0) is 33.4. The van der Waals surface area contributed by atoms with Crippen molar-refractivity contribution < 1.29 is 41.7 Å². The highest BCUT2D eigenvalue weighted by Crippen LogP contribution is 2.44. The number of anilines is 1. The summed E-state index contributed by atoms with van der Waals surface area (Å²) < 4.78 is 69.4. The van der Waals surface area contributed by atoms with Crippen LogP contribution in [0.5, 0.6) is 5.75 Å². The Morgan fingerprint density at radius 3 is 2.59 bits per heavy atom. The predicted molar refractivity (Wildman–Crippen MR) is 163 cm³/mol. The Morgan fingerprint density at radius 2 is 1.91 bits per heavy atom. The van der Waals surface area contributed by atoms with Gasteiger partial charge in [0.15, 0.2) is 5.60 Å². The van der Waals surface area contributed by atoms with Crippen LogP contribution in [0.3, 0.4) is 0 Å². The van der Waals surface area contributed by atoms with Gasteiger partial charge in [0.1, 0.15) is 17.6 Å². The topological polar surface area (TPSA) is 115 Å². The van der Waals surface area contributed by atoms with Gasteiger partial charge >= 0.3 is 12.1 Å². The number of aryl methyl sites for hydroxylation is 1. The van der Waals surface area contributed by atoms with Crippen molar-refractivity contribution in [3.8, 4) is 11.4 Å². The van der Waals surface area contributed by atoms with E-state index in [0.717, 1.165) is 12.1 Å². The number of aliphatic hydroxyl groups is 1. The minimum atomic E-state index is -5.04. The maximum absolute atomic E-state index is 14.5. The van der Waals surface area contributed by atoms with Gasteiger partial charge < -0.3 is 25.2 Å². The van der Waals surface area contributed by atoms with Gasteiger partial charge in [0, 0.05) is 28.6 Å². The summed E-state index contributed by atoms with van der Waals surface area (Å²) in [7, 11) is 1.34. The zero-order valence-electron chi connectivity index (χ0n) is 25.7. The molecule has 1 aromatic heterocycles. The lowest BCUT2D eigenvalue weighted by molar-refractivity contribution is -0.260. The molecule has 46 heavy (non-hydrogen) atoms.